The van der Waals surface area contributed by atoms with E-state index in [4.69, 9.17) is 14.2 Å². The fourth-order valence-electron chi connectivity index (χ4n) is 6.60. The van der Waals surface area contributed by atoms with Gasteiger partial charge in [0.05, 0.1) is 0 Å². The Bertz CT molecular complexity index is 1530. The first-order valence-electron chi connectivity index (χ1n) is 26.4. The van der Waals surface area contributed by atoms with Crippen molar-refractivity contribution in [1.82, 2.24) is 0 Å². The van der Waals surface area contributed by atoms with Crippen molar-refractivity contribution in [2.75, 3.05) is 13.2 Å². The van der Waals surface area contributed by atoms with Crippen molar-refractivity contribution >= 4 is 17.9 Å². The summed E-state index contributed by atoms with van der Waals surface area (Å²) >= 11 is 0. The summed E-state index contributed by atoms with van der Waals surface area (Å²) < 4.78 is 16.8. The summed E-state index contributed by atoms with van der Waals surface area (Å²) in [5.74, 6) is -0.990. The Labute approximate surface area is 410 Å². The molecule has 0 aromatic rings. The van der Waals surface area contributed by atoms with Gasteiger partial charge in [-0.1, -0.05) is 224 Å². The van der Waals surface area contributed by atoms with Gasteiger partial charge in [0, 0.05) is 19.3 Å². The van der Waals surface area contributed by atoms with Crippen molar-refractivity contribution in [3.63, 3.8) is 0 Å². The molecule has 0 aliphatic heterocycles. The summed E-state index contributed by atoms with van der Waals surface area (Å²) in [5, 5.41) is 0. The molecule has 0 fully saturated rings. The molecular formula is C61H94O6. The van der Waals surface area contributed by atoms with Gasteiger partial charge in [0.15, 0.2) is 6.10 Å². The summed E-state index contributed by atoms with van der Waals surface area (Å²) in [6.45, 7) is 6.17. The number of carbonyl (C=O) groups is 3. The Hall–Kier alpha value is -4.71. The quantitative estimate of drug-likeness (QED) is 0.0199. The van der Waals surface area contributed by atoms with Crippen LogP contribution in [0.15, 0.2) is 146 Å². The zero-order valence-corrected chi connectivity index (χ0v) is 42.6. The molecule has 0 aliphatic rings. The van der Waals surface area contributed by atoms with Gasteiger partial charge in [-0.3, -0.25) is 14.4 Å². The highest BCUT2D eigenvalue weighted by atomic mass is 16.6. The summed E-state index contributed by atoms with van der Waals surface area (Å²) in [4.78, 5) is 38.1. The van der Waals surface area contributed by atoms with Crippen LogP contribution in [0.3, 0.4) is 0 Å². The van der Waals surface area contributed by atoms with Gasteiger partial charge in [0.1, 0.15) is 13.2 Å². The molecule has 1 atom stereocenters. The lowest BCUT2D eigenvalue weighted by molar-refractivity contribution is -0.167. The van der Waals surface area contributed by atoms with E-state index in [9.17, 15) is 14.4 Å². The molecule has 0 saturated carbocycles. The zero-order chi connectivity index (χ0) is 48.6. The first-order chi connectivity index (χ1) is 33.0. The molecule has 0 radical (unpaired) electrons. The number of ether oxygens (including phenoxy) is 3. The number of esters is 3. The molecule has 0 aromatic carbocycles. The maximum atomic E-state index is 12.8. The average molecular weight is 923 g/mol. The van der Waals surface area contributed by atoms with Crippen molar-refractivity contribution in [2.45, 2.75) is 207 Å². The molecular weight excluding hydrogens is 829 g/mol. The van der Waals surface area contributed by atoms with Gasteiger partial charge >= 0.3 is 17.9 Å². The van der Waals surface area contributed by atoms with E-state index in [0.717, 1.165) is 135 Å². The molecule has 6 nitrogen and oxygen atoms in total. The van der Waals surface area contributed by atoms with Crippen LogP contribution in [0, 0.1) is 0 Å². The third-order valence-electron chi connectivity index (χ3n) is 10.5. The summed E-state index contributed by atoms with van der Waals surface area (Å²) in [7, 11) is 0. The maximum Gasteiger partial charge on any atom is 0.306 e. The fourth-order valence-corrected chi connectivity index (χ4v) is 6.60. The number of unbranched alkanes of at least 4 members (excludes halogenated alkanes) is 15. The van der Waals surface area contributed by atoms with Crippen LogP contribution in [0.2, 0.25) is 0 Å². The van der Waals surface area contributed by atoms with E-state index in [-0.39, 0.29) is 37.5 Å². The zero-order valence-electron chi connectivity index (χ0n) is 42.6. The molecule has 0 rings (SSSR count). The molecule has 0 aliphatic carbocycles. The van der Waals surface area contributed by atoms with Gasteiger partial charge in [-0.05, 0) is 103 Å². The Kier molecular flexibility index (Phi) is 50.1. The minimum Gasteiger partial charge on any atom is -0.462 e. The van der Waals surface area contributed by atoms with E-state index in [1.54, 1.807) is 0 Å². The van der Waals surface area contributed by atoms with Crippen molar-refractivity contribution in [1.29, 1.82) is 0 Å². The van der Waals surface area contributed by atoms with Gasteiger partial charge in [-0.2, -0.15) is 0 Å². The summed E-state index contributed by atoms with van der Waals surface area (Å²) in [5.41, 5.74) is 0. The Morgan fingerprint density at radius 2 is 0.612 bits per heavy atom. The standard InChI is InChI=1S/C61H94O6/c1-4-7-10-13-16-19-22-25-28-29-30-31-34-36-39-42-45-48-51-54-60(63)66-57-58(67-61(64)55-52-49-46-43-40-37-33-27-24-21-18-15-12-9-6-3)56-65-59(62)53-50-47-44-41-38-35-32-26-23-20-17-14-11-8-5-2/h7-12,14-21,23-25,27-28,30-31,33,36,39,58H,4-6,13,22,26,29,32,34-35,37-38,40-57H2,1-3H3/b10-7-,11-8-,12-9-,17-14-,18-15-,19-16-,23-20-,24-21-,28-25-,31-30-,33-27-,39-36-. The van der Waals surface area contributed by atoms with E-state index in [1.165, 1.54) is 25.7 Å². The van der Waals surface area contributed by atoms with E-state index < -0.39 is 6.10 Å². The van der Waals surface area contributed by atoms with Crippen molar-refractivity contribution < 1.29 is 28.6 Å². The highest BCUT2D eigenvalue weighted by Crippen LogP contribution is 2.13. The molecule has 1 unspecified atom stereocenters. The van der Waals surface area contributed by atoms with Crippen LogP contribution in [0.25, 0.3) is 0 Å². The molecule has 0 spiro atoms. The minimum absolute atomic E-state index is 0.111. The van der Waals surface area contributed by atoms with Crippen LogP contribution < -0.4 is 0 Å². The van der Waals surface area contributed by atoms with Gasteiger partial charge < -0.3 is 14.2 Å². The van der Waals surface area contributed by atoms with E-state index >= 15 is 0 Å². The molecule has 0 N–H and O–H groups in total. The molecule has 67 heavy (non-hydrogen) atoms. The van der Waals surface area contributed by atoms with Gasteiger partial charge in [-0.25, -0.2) is 0 Å². The molecule has 0 aromatic heterocycles. The third-order valence-corrected chi connectivity index (χ3v) is 10.5. The van der Waals surface area contributed by atoms with Crippen molar-refractivity contribution in [3.8, 4) is 0 Å². The predicted octanol–water partition coefficient (Wildman–Crippen LogP) is 17.6. The lowest BCUT2D eigenvalue weighted by atomic mass is 10.1. The number of rotatable bonds is 45. The van der Waals surface area contributed by atoms with Crippen LogP contribution in [-0.4, -0.2) is 37.2 Å². The monoisotopic (exact) mass is 923 g/mol. The van der Waals surface area contributed by atoms with Crippen LogP contribution >= 0.6 is 0 Å². The normalized spacial score (nSPS) is 13.3. The SMILES string of the molecule is CC\C=C/C=C\C=C/C=C\CCCCCCCC(=O)OC(COC(=O)CCCCC/C=C\C/C=C\C/C=C\C/C=C\C/C=C\CC)COC(=O)CCCCCCCCC\C=C/C=C\C=C/CC. The average Bonchev–Trinajstić information content (AvgIpc) is 3.33. The second-order valence-electron chi connectivity index (χ2n) is 16.8. The lowest BCUT2D eigenvalue weighted by Crippen LogP contribution is -2.30. The largest absolute Gasteiger partial charge is 0.462 e. The molecule has 0 heterocycles. The van der Waals surface area contributed by atoms with Crippen LogP contribution in [0.4, 0.5) is 0 Å². The second-order valence-corrected chi connectivity index (χ2v) is 16.8. The summed E-state index contributed by atoms with van der Waals surface area (Å²) in [6, 6.07) is 0. The lowest BCUT2D eigenvalue weighted by Gasteiger charge is -2.18. The van der Waals surface area contributed by atoms with Crippen LogP contribution in [0.1, 0.15) is 201 Å². The Balaban J connectivity index is 4.54. The molecule has 374 valence electrons. The highest BCUT2D eigenvalue weighted by molar-refractivity contribution is 5.71. The first kappa shape index (κ1) is 62.3. The van der Waals surface area contributed by atoms with Gasteiger partial charge in [0.25, 0.3) is 0 Å². The number of allylic oxidation sites excluding steroid dienone is 24. The topological polar surface area (TPSA) is 78.9 Å². The first-order valence-corrected chi connectivity index (χ1v) is 26.4. The van der Waals surface area contributed by atoms with Crippen molar-refractivity contribution in [3.05, 3.63) is 146 Å². The Morgan fingerprint density at radius 1 is 0.313 bits per heavy atom. The predicted molar refractivity (Wildman–Crippen MR) is 288 cm³/mol. The number of hydrogen-bond acceptors (Lipinski definition) is 6. The van der Waals surface area contributed by atoms with E-state index in [0.29, 0.717) is 12.8 Å². The third kappa shape index (κ3) is 52.1. The van der Waals surface area contributed by atoms with Gasteiger partial charge in [0.2, 0.25) is 0 Å². The smallest absolute Gasteiger partial charge is 0.306 e. The van der Waals surface area contributed by atoms with Crippen LogP contribution in [0.5, 0.6) is 0 Å². The summed E-state index contributed by atoms with van der Waals surface area (Å²) in [6.07, 6.45) is 76.8. The molecule has 0 saturated heterocycles. The van der Waals surface area contributed by atoms with Crippen LogP contribution in [-0.2, 0) is 28.6 Å². The van der Waals surface area contributed by atoms with E-state index in [1.807, 2.05) is 24.3 Å². The van der Waals surface area contributed by atoms with E-state index in [2.05, 4.69) is 142 Å². The fraction of sp³-hybridized carbons (Fsp3) is 0.557. The minimum atomic E-state index is -0.816. The molecule has 6 heteroatoms. The molecule has 0 amide bonds. The number of hydrogen-bond donors (Lipinski definition) is 0. The maximum absolute atomic E-state index is 12.8. The number of carbonyl (C=O) groups excluding carboxylic acids is 3. The second kappa shape index (κ2) is 53.9. The Morgan fingerprint density at radius 3 is 1.03 bits per heavy atom. The van der Waals surface area contributed by atoms with Crippen molar-refractivity contribution in [2.24, 2.45) is 0 Å². The highest BCUT2D eigenvalue weighted by Gasteiger charge is 2.19. The van der Waals surface area contributed by atoms with Gasteiger partial charge in [-0.15, -0.1) is 0 Å². The molecule has 0 bridgehead atoms.